The largest absolute Gasteiger partial charge is 0.490 e. The molecular formula is C21H26N2O6S. The number of morpholine rings is 1. The maximum Gasteiger partial charge on any atom is 0.255 e. The number of hydrogen-bond donors (Lipinski definition) is 1. The molecule has 1 amide bonds. The maximum absolute atomic E-state index is 12.8. The van der Waals surface area contributed by atoms with Crippen LogP contribution in [0, 0.1) is 0 Å². The second-order valence-corrected chi connectivity index (χ2v) is 8.46. The minimum absolute atomic E-state index is 0.0822. The van der Waals surface area contributed by atoms with Crippen molar-refractivity contribution < 1.29 is 27.4 Å². The molecule has 0 bridgehead atoms. The van der Waals surface area contributed by atoms with Crippen LogP contribution in [0.1, 0.15) is 24.2 Å². The molecule has 1 fully saturated rings. The lowest BCUT2D eigenvalue weighted by Crippen LogP contribution is -2.40. The van der Waals surface area contributed by atoms with Crippen LogP contribution in [0.4, 0.5) is 5.69 Å². The van der Waals surface area contributed by atoms with Crippen molar-refractivity contribution in [3.63, 3.8) is 0 Å². The number of nitrogens with one attached hydrogen (secondary N) is 1. The van der Waals surface area contributed by atoms with Gasteiger partial charge in [0.15, 0.2) is 11.5 Å². The molecule has 0 atom stereocenters. The van der Waals surface area contributed by atoms with Crippen LogP contribution >= 0.6 is 0 Å². The topological polar surface area (TPSA) is 94.2 Å². The Morgan fingerprint density at radius 1 is 1.03 bits per heavy atom. The number of anilines is 1. The number of carbonyl (C=O) groups excluding carboxylic acids is 1. The summed E-state index contributed by atoms with van der Waals surface area (Å²) in [7, 11) is -3.68. The molecule has 1 aliphatic heterocycles. The van der Waals surface area contributed by atoms with Crippen molar-refractivity contribution in [2.75, 3.05) is 44.8 Å². The third-order valence-corrected chi connectivity index (χ3v) is 6.40. The summed E-state index contributed by atoms with van der Waals surface area (Å²) >= 11 is 0. The summed E-state index contributed by atoms with van der Waals surface area (Å²) in [6.07, 6.45) is 0. The van der Waals surface area contributed by atoms with Crippen molar-refractivity contribution in [3.05, 3.63) is 48.0 Å². The summed E-state index contributed by atoms with van der Waals surface area (Å²) in [5, 5.41) is 2.78. The first kappa shape index (κ1) is 22.1. The molecule has 1 aliphatic rings. The van der Waals surface area contributed by atoms with Crippen molar-refractivity contribution in [1.29, 1.82) is 0 Å². The van der Waals surface area contributed by atoms with Crippen LogP contribution in [0.2, 0.25) is 0 Å². The first-order valence-corrected chi connectivity index (χ1v) is 11.3. The Morgan fingerprint density at radius 2 is 1.73 bits per heavy atom. The zero-order chi connectivity index (χ0) is 21.6. The summed E-state index contributed by atoms with van der Waals surface area (Å²) in [5.41, 5.74) is 0.768. The van der Waals surface area contributed by atoms with Gasteiger partial charge in [-0.3, -0.25) is 4.79 Å². The number of rotatable bonds is 8. The minimum Gasteiger partial charge on any atom is -0.490 e. The second-order valence-electron chi connectivity index (χ2n) is 6.53. The highest BCUT2D eigenvalue weighted by Crippen LogP contribution is 2.31. The first-order chi connectivity index (χ1) is 14.5. The molecule has 162 valence electrons. The van der Waals surface area contributed by atoms with E-state index in [1.54, 1.807) is 30.3 Å². The van der Waals surface area contributed by atoms with Gasteiger partial charge in [0.2, 0.25) is 10.0 Å². The fourth-order valence-corrected chi connectivity index (χ4v) is 4.52. The van der Waals surface area contributed by atoms with E-state index < -0.39 is 15.9 Å². The fourth-order valence-electron chi connectivity index (χ4n) is 3.07. The summed E-state index contributed by atoms with van der Waals surface area (Å²) < 4.78 is 43.4. The molecule has 0 aliphatic carbocycles. The highest BCUT2D eigenvalue weighted by atomic mass is 32.2. The maximum atomic E-state index is 12.8. The Labute approximate surface area is 176 Å². The second kappa shape index (κ2) is 9.92. The van der Waals surface area contributed by atoms with E-state index in [4.69, 9.17) is 14.2 Å². The molecule has 1 N–H and O–H groups in total. The zero-order valence-corrected chi connectivity index (χ0v) is 17.9. The molecule has 0 saturated carbocycles. The highest BCUT2D eigenvalue weighted by molar-refractivity contribution is 7.89. The fraction of sp³-hybridized carbons (Fsp3) is 0.381. The standard InChI is InChI=1S/C21H26N2O6S/c1-3-28-19-9-8-17(15-20(19)29-4-2)22-21(24)16-6-5-7-18(14-16)30(25,26)23-10-12-27-13-11-23/h5-9,14-15H,3-4,10-13H2,1-2H3,(H,22,24). The van der Waals surface area contributed by atoms with Crippen LogP contribution in [-0.4, -0.2) is 58.1 Å². The van der Waals surface area contributed by atoms with Crippen LogP contribution in [-0.2, 0) is 14.8 Å². The molecule has 9 heteroatoms. The molecular weight excluding hydrogens is 408 g/mol. The lowest BCUT2D eigenvalue weighted by molar-refractivity contribution is 0.0730. The van der Waals surface area contributed by atoms with Crippen molar-refractivity contribution in [3.8, 4) is 11.5 Å². The van der Waals surface area contributed by atoms with Crippen molar-refractivity contribution in [2.45, 2.75) is 18.7 Å². The molecule has 2 aromatic carbocycles. The first-order valence-electron chi connectivity index (χ1n) is 9.84. The van der Waals surface area contributed by atoms with Gasteiger partial charge in [-0.15, -0.1) is 0 Å². The van der Waals surface area contributed by atoms with E-state index in [1.165, 1.54) is 16.4 Å². The van der Waals surface area contributed by atoms with Gasteiger partial charge < -0.3 is 19.5 Å². The predicted molar refractivity (Wildman–Crippen MR) is 113 cm³/mol. The molecule has 0 aromatic heterocycles. The highest BCUT2D eigenvalue weighted by Gasteiger charge is 2.27. The molecule has 1 heterocycles. The molecule has 0 radical (unpaired) electrons. The van der Waals surface area contributed by atoms with E-state index >= 15 is 0 Å². The summed E-state index contributed by atoms with van der Waals surface area (Å²) in [4.78, 5) is 12.8. The third-order valence-electron chi connectivity index (χ3n) is 4.51. The van der Waals surface area contributed by atoms with E-state index in [0.29, 0.717) is 56.7 Å². The summed E-state index contributed by atoms with van der Waals surface area (Å²) in [6, 6.07) is 11.1. The lowest BCUT2D eigenvalue weighted by atomic mass is 10.2. The van der Waals surface area contributed by atoms with Crippen molar-refractivity contribution >= 4 is 21.6 Å². The Morgan fingerprint density at radius 3 is 2.43 bits per heavy atom. The van der Waals surface area contributed by atoms with Gasteiger partial charge in [0.05, 0.1) is 31.3 Å². The quantitative estimate of drug-likeness (QED) is 0.687. The Bertz CT molecular complexity index is 987. The van der Waals surface area contributed by atoms with E-state index in [-0.39, 0.29) is 10.5 Å². The average Bonchev–Trinajstić information content (AvgIpc) is 2.76. The SMILES string of the molecule is CCOc1ccc(NC(=O)c2cccc(S(=O)(=O)N3CCOCC3)c2)cc1OCC. The Kier molecular flexibility index (Phi) is 7.30. The number of nitrogens with zero attached hydrogens (tertiary/aromatic N) is 1. The molecule has 1 saturated heterocycles. The number of hydrogen-bond acceptors (Lipinski definition) is 6. The van der Waals surface area contributed by atoms with E-state index in [1.807, 2.05) is 13.8 Å². The summed E-state index contributed by atoms with van der Waals surface area (Å²) in [6.45, 7) is 6.01. The molecule has 0 spiro atoms. The van der Waals surface area contributed by atoms with Crippen LogP contribution in [0.15, 0.2) is 47.4 Å². The number of sulfonamides is 1. The third kappa shape index (κ3) is 5.10. The number of benzene rings is 2. The number of amides is 1. The van der Waals surface area contributed by atoms with Gasteiger partial charge in [0.25, 0.3) is 5.91 Å². The van der Waals surface area contributed by atoms with Crippen molar-refractivity contribution in [2.24, 2.45) is 0 Å². The van der Waals surface area contributed by atoms with Crippen molar-refractivity contribution in [1.82, 2.24) is 4.31 Å². The van der Waals surface area contributed by atoms with Gasteiger partial charge in [-0.25, -0.2) is 8.42 Å². The van der Waals surface area contributed by atoms with E-state index in [2.05, 4.69) is 5.32 Å². The van der Waals surface area contributed by atoms with Gasteiger partial charge >= 0.3 is 0 Å². The smallest absolute Gasteiger partial charge is 0.255 e. The van der Waals surface area contributed by atoms with Gasteiger partial charge in [-0.2, -0.15) is 4.31 Å². The van der Waals surface area contributed by atoms with Crippen LogP contribution in [0.3, 0.4) is 0 Å². The zero-order valence-electron chi connectivity index (χ0n) is 17.1. The van der Waals surface area contributed by atoms with Crippen LogP contribution < -0.4 is 14.8 Å². The van der Waals surface area contributed by atoms with Gasteiger partial charge in [-0.1, -0.05) is 6.07 Å². The molecule has 2 aromatic rings. The van der Waals surface area contributed by atoms with Gasteiger partial charge in [0, 0.05) is 30.4 Å². The molecule has 3 rings (SSSR count). The normalized spacial score (nSPS) is 14.9. The number of carbonyl (C=O) groups is 1. The molecule has 0 unspecified atom stereocenters. The van der Waals surface area contributed by atoms with E-state index in [9.17, 15) is 13.2 Å². The monoisotopic (exact) mass is 434 g/mol. The number of ether oxygens (including phenoxy) is 3. The van der Waals surface area contributed by atoms with E-state index in [0.717, 1.165) is 0 Å². The van der Waals surface area contributed by atoms with Crippen LogP contribution in [0.5, 0.6) is 11.5 Å². The Balaban J connectivity index is 1.79. The molecule has 30 heavy (non-hydrogen) atoms. The predicted octanol–water partition coefficient (Wildman–Crippen LogP) is 2.76. The minimum atomic E-state index is -3.68. The molecule has 8 nitrogen and oxygen atoms in total. The lowest BCUT2D eigenvalue weighted by Gasteiger charge is -2.26. The van der Waals surface area contributed by atoms with Gasteiger partial charge in [0.1, 0.15) is 0 Å². The van der Waals surface area contributed by atoms with Crippen LogP contribution in [0.25, 0.3) is 0 Å². The average molecular weight is 435 g/mol. The van der Waals surface area contributed by atoms with Gasteiger partial charge in [-0.05, 0) is 44.2 Å². The Hall–Kier alpha value is -2.62. The summed E-state index contributed by atoms with van der Waals surface area (Å²) in [5.74, 6) is 0.706.